The van der Waals surface area contributed by atoms with Gasteiger partial charge in [-0.2, -0.15) is 11.8 Å². The lowest BCUT2D eigenvalue weighted by Crippen LogP contribution is -2.15. The van der Waals surface area contributed by atoms with Gasteiger partial charge >= 0.3 is 0 Å². The fraction of sp³-hybridized carbons (Fsp3) is 1.00. The van der Waals surface area contributed by atoms with Gasteiger partial charge in [-0.3, -0.25) is 0 Å². The van der Waals surface area contributed by atoms with Gasteiger partial charge in [0.1, 0.15) is 0 Å². The van der Waals surface area contributed by atoms with E-state index in [0.717, 1.165) is 22.3 Å². The molecule has 0 fully saturated rings. The van der Waals surface area contributed by atoms with Gasteiger partial charge in [-0.25, -0.2) is 0 Å². The maximum atomic E-state index is 2.36. The van der Waals surface area contributed by atoms with Crippen LogP contribution in [0, 0.1) is 11.8 Å². The van der Waals surface area contributed by atoms with Crippen LogP contribution in [0.4, 0.5) is 0 Å². The molecular formula is C16H34S. The lowest BCUT2D eigenvalue weighted by Gasteiger charge is -2.25. The summed E-state index contributed by atoms with van der Waals surface area (Å²) in [5.41, 5.74) is 0. The van der Waals surface area contributed by atoms with Crippen LogP contribution in [0.15, 0.2) is 0 Å². The quantitative estimate of drug-likeness (QED) is 0.453. The lowest BCUT2D eigenvalue weighted by atomic mass is 10.0. The molecule has 0 rings (SSSR count). The highest BCUT2D eigenvalue weighted by molar-refractivity contribution is 8.00. The molecule has 17 heavy (non-hydrogen) atoms. The molecule has 2 atom stereocenters. The highest BCUT2D eigenvalue weighted by Crippen LogP contribution is 2.32. The maximum absolute atomic E-state index is 2.36. The molecule has 0 saturated carbocycles. The molecule has 0 aliphatic heterocycles. The van der Waals surface area contributed by atoms with Crippen molar-refractivity contribution in [2.24, 2.45) is 11.8 Å². The summed E-state index contributed by atoms with van der Waals surface area (Å²) in [6, 6.07) is 0. The minimum Gasteiger partial charge on any atom is -0.155 e. The van der Waals surface area contributed by atoms with Gasteiger partial charge in [-0.1, -0.05) is 54.4 Å². The molecule has 0 spiro atoms. The molecule has 0 bridgehead atoms. The molecule has 0 nitrogen and oxygen atoms in total. The van der Waals surface area contributed by atoms with E-state index in [1.165, 1.54) is 38.5 Å². The highest BCUT2D eigenvalue weighted by Gasteiger charge is 2.18. The molecule has 0 N–H and O–H groups in total. The summed E-state index contributed by atoms with van der Waals surface area (Å²) in [6.45, 7) is 14.1. The van der Waals surface area contributed by atoms with Crippen molar-refractivity contribution in [3.8, 4) is 0 Å². The van der Waals surface area contributed by atoms with Gasteiger partial charge in [-0.15, -0.1) is 0 Å². The van der Waals surface area contributed by atoms with E-state index >= 15 is 0 Å². The van der Waals surface area contributed by atoms with Crippen molar-refractivity contribution in [3.05, 3.63) is 0 Å². The average molecular weight is 259 g/mol. The van der Waals surface area contributed by atoms with Crippen LogP contribution in [0.5, 0.6) is 0 Å². The Bertz CT molecular complexity index is 145. The topological polar surface area (TPSA) is 0 Å². The van der Waals surface area contributed by atoms with Gasteiger partial charge in [0.15, 0.2) is 0 Å². The van der Waals surface area contributed by atoms with Crippen LogP contribution >= 0.6 is 11.8 Å². The van der Waals surface area contributed by atoms with Gasteiger partial charge in [0.2, 0.25) is 0 Å². The Hall–Kier alpha value is 0.350. The normalized spacial score (nSPS) is 15.5. The Morgan fingerprint density at radius 1 is 0.706 bits per heavy atom. The van der Waals surface area contributed by atoms with Crippen LogP contribution in [0.25, 0.3) is 0 Å². The molecule has 0 aliphatic rings. The summed E-state index contributed by atoms with van der Waals surface area (Å²) in [5, 5.41) is 1.80. The summed E-state index contributed by atoms with van der Waals surface area (Å²) in [7, 11) is 0. The number of thioether (sulfide) groups is 1. The summed E-state index contributed by atoms with van der Waals surface area (Å²) >= 11 is 2.30. The van der Waals surface area contributed by atoms with Crippen molar-refractivity contribution in [3.63, 3.8) is 0 Å². The van der Waals surface area contributed by atoms with Crippen molar-refractivity contribution < 1.29 is 0 Å². The molecule has 104 valence electrons. The zero-order valence-electron chi connectivity index (χ0n) is 13.0. The monoisotopic (exact) mass is 258 g/mol. The fourth-order valence-electron chi connectivity index (χ4n) is 2.45. The van der Waals surface area contributed by atoms with E-state index in [2.05, 4.69) is 53.3 Å². The molecule has 0 radical (unpaired) electrons. The summed E-state index contributed by atoms with van der Waals surface area (Å²) < 4.78 is 0. The first-order valence-electron chi connectivity index (χ1n) is 7.64. The molecule has 0 amide bonds. The highest BCUT2D eigenvalue weighted by atomic mass is 32.2. The van der Waals surface area contributed by atoms with Crippen LogP contribution in [-0.4, -0.2) is 10.5 Å². The Morgan fingerprint density at radius 2 is 1.06 bits per heavy atom. The zero-order chi connectivity index (χ0) is 13.3. The van der Waals surface area contributed by atoms with Crippen LogP contribution < -0.4 is 0 Å². The third-order valence-electron chi connectivity index (χ3n) is 3.07. The molecular weight excluding hydrogens is 224 g/mol. The van der Waals surface area contributed by atoms with Crippen LogP contribution in [0.2, 0.25) is 0 Å². The second-order valence-electron chi connectivity index (χ2n) is 6.22. The average Bonchev–Trinajstić information content (AvgIpc) is 2.16. The number of hydrogen-bond donors (Lipinski definition) is 0. The van der Waals surface area contributed by atoms with E-state index in [4.69, 9.17) is 0 Å². The van der Waals surface area contributed by atoms with Crippen molar-refractivity contribution in [2.45, 2.75) is 90.6 Å². The van der Waals surface area contributed by atoms with Crippen molar-refractivity contribution in [2.75, 3.05) is 0 Å². The second kappa shape index (κ2) is 10.3. The predicted molar refractivity (Wildman–Crippen MR) is 83.9 cm³/mol. The number of hydrogen-bond acceptors (Lipinski definition) is 1. The number of rotatable bonds is 10. The maximum Gasteiger partial charge on any atom is 0.00521 e. The Labute approximate surface area is 114 Å². The molecule has 0 aromatic rings. The van der Waals surface area contributed by atoms with E-state index in [0.29, 0.717) is 0 Å². The Balaban J connectivity index is 4.22. The molecule has 0 aliphatic carbocycles. The Morgan fingerprint density at radius 3 is 1.29 bits per heavy atom. The van der Waals surface area contributed by atoms with E-state index in [9.17, 15) is 0 Å². The van der Waals surface area contributed by atoms with E-state index < -0.39 is 0 Å². The molecule has 2 unspecified atom stereocenters. The van der Waals surface area contributed by atoms with Crippen molar-refractivity contribution in [1.82, 2.24) is 0 Å². The van der Waals surface area contributed by atoms with E-state index in [1.54, 1.807) is 0 Å². The van der Waals surface area contributed by atoms with Gasteiger partial charge in [0, 0.05) is 10.5 Å². The third kappa shape index (κ3) is 10.00. The van der Waals surface area contributed by atoms with Crippen molar-refractivity contribution >= 4 is 11.8 Å². The Kier molecular flexibility index (Phi) is 10.5. The first-order chi connectivity index (χ1) is 7.99. The first kappa shape index (κ1) is 17.4. The van der Waals surface area contributed by atoms with Crippen LogP contribution in [-0.2, 0) is 0 Å². The minimum absolute atomic E-state index is 0.848. The predicted octanol–water partition coefficient (Wildman–Crippen LogP) is 6.15. The van der Waals surface area contributed by atoms with E-state index in [1.807, 2.05) is 0 Å². The van der Waals surface area contributed by atoms with Gasteiger partial charge in [-0.05, 0) is 37.5 Å². The third-order valence-corrected chi connectivity index (χ3v) is 4.70. The molecule has 0 aromatic carbocycles. The summed E-state index contributed by atoms with van der Waals surface area (Å²) in [6.07, 6.45) is 8.28. The van der Waals surface area contributed by atoms with Gasteiger partial charge in [0.25, 0.3) is 0 Å². The molecule has 0 saturated heterocycles. The van der Waals surface area contributed by atoms with Crippen LogP contribution in [0.1, 0.15) is 80.1 Å². The minimum atomic E-state index is 0.848. The lowest BCUT2D eigenvalue weighted by molar-refractivity contribution is 0.525. The molecule has 0 aromatic heterocycles. The van der Waals surface area contributed by atoms with Crippen LogP contribution in [0.3, 0.4) is 0 Å². The van der Waals surface area contributed by atoms with Gasteiger partial charge in [0.05, 0.1) is 0 Å². The summed E-state index contributed by atoms with van der Waals surface area (Å²) in [4.78, 5) is 0. The zero-order valence-corrected chi connectivity index (χ0v) is 13.8. The fourth-order valence-corrected chi connectivity index (χ4v) is 4.73. The van der Waals surface area contributed by atoms with E-state index in [-0.39, 0.29) is 0 Å². The second-order valence-corrected chi connectivity index (χ2v) is 7.82. The van der Waals surface area contributed by atoms with Crippen molar-refractivity contribution in [1.29, 1.82) is 0 Å². The SMILES string of the molecule is CCCC(CC(C)C)SC(CCC)CC(C)C. The molecule has 1 heteroatoms. The standard InChI is InChI=1S/C16H34S/c1-7-9-15(11-13(3)4)17-16(10-8-2)12-14(5)6/h13-16H,7-12H2,1-6H3. The van der Waals surface area contributed by atoms with Gasteiger partial charge < -0.3 is 0 Å². The smallest absolute Gasteiger partial charge is 0.00521 e. The molecule has 0 heterocycles. The first-order valence-corrected chi connectivity index (χ1v) is 8.59. The largest absolute Gasteiger partial charge is 0.155 e. The summed E-state index contributed by atoms with van der Waals surface area (Å²) in [5.74, 6) is 1.70.